The number of esters is 1. The number of ether oxygens (including phenoxy) is 5. The highest BCUT2D eigenvalue weighted by atomic mass is 16.5. The van der Waals surface area contributed by atoms with Crippen molar-refractivity contribution in [1.82, 2.24) is 0 Å². The van der Waals surface area contributed by atoms with Gasteiger partial charge in [-0.2, -0.15) is 0 Å². The van der Waals surface area contributed by atoms with Crippen LogP contribution in [-0.2, 0) is 14.3 Å². The Labute approximate surface area is 170 Å². The molecule has 0 unspecified atom stereocenters. The van der Waals surface area contributed by atoms with E-state index in [1.807, 2.05) is 26.0 Å². The van der Waals surface area contributed by atoms with E-state index < -0.39 is 24.3 Å². The van der Waals surface area contributed by atoms with Crippen LogP contribution in [0.1, 0.15) is 49.2 Å². The van der Waals surface area contributed by atoms with Crippen molar-refractivity contribution in [3.63, 3.8) is 0 Å². The maximum Gasteiger partial charge on any atom is 0.308 e. The first-order valence-electron chi connectivity index (χ1n) is 9.63. The summed E-state index contributed by atoms with van der Waals surface area (Å²) in [5.41, 5.74) is 2.24. The molecule has 0 amide bonds. The molecule has 7 nitrogen and oxygen atoms in total. The van der Waals surface area contributed by atoms with Crippen molar-refractivity contribution in [2.45, 2.75) is 45.5 Å². The first-order chi connectivity index (χ1) is 13.9. The lowest BCUT2D eigenvalue weighted by molar-refractivity contribution is -0.154. The molecule has 0 saturated heterocycles. The summed E-state index contributed by atoms with van der Waals surface area (Å²) in [6, 6.07) is 3.81. The lowest BCUT2D eigenvalue weighted by Gasteiger charge is -2.37. The zero-order chi connectivity index (χ0) is 21.3. The van der Waals surface area contributed by atoms with E-state index in [0.717, 1.165) is 10.9 Å². The Morgan fingerprint density at radius 2 is 1.72 bits per heavy atom. The summed E-state index contributed by atoms with van der Waals surface area (Å²) in [7, 11) is 4.72. The first kappa shape index (κ1) is 21.2. The van der Waals surface area contributed by atoms with E-state index >= 15 is 0 Å². The number of hydrogen-bond acceptors (Lipinski definition) is 7. The quantitative estimate of drug-likeness (QED) is 0.736. The molecule has 1 aliphatic heterocycles. The van der Waals surface area contributed by atoms with E-state index in [4.69, 9.17) is 23.7 Å². The summed E-state index contributed by atoms with van der Waals surface area (Å²) in [5, 5.41) is 12.7. The fourth-order valence-electron chi connectivity index (χ4n) is 4.15. The largest absolute Gasteiger partial charge is 0.496 e. The summed E-state index contributed by atoms with van der Waals surface area (Å²) in [6.07, 6.45) is -2.34. The van der Waals surface area contributed by atoms with E-state index in [1.165, 1.54) is 0 Å². The third-order valence-electron chi connectivity index (χ3n) is 5.34. The molecule has 29 heavy (non-hydrogen) atoms. The third kappa shape index (κ3) is 3.49. The van der Waals surface area contributed by atoms with Crippen molar-refractivity contribution in [3.8, 4) is 17.2 Å². The fourth-order valence-corrected chi connectivity index (χ4v) is 4.15. The lowest BCUT2D eigenvalue weighted by Crippen LogP contribution is -2.33. The Balaban J connectivity index is 2.31. The standard InChI is InChI=1S/C22H28O7/c1-7-28-15(23)10-14-20(24)19-17(12(3)29-14)21(26-5)16-11(2)8-9-13(25-4)18(16)22(19)27-6/h8-9,12,14,20,24H,7,10H2,1-6H3/t12-,14+,20+/m0/s1. The van der Waals surface area contributed by atoms with Gasteiger partial charge in [-0.15, -0.1) is 0 Å². The number of hydrogen-bond donors (Lipinski definition) is 1. The second-order valence-corrected chi connectivity index (χ2v) is 7.00. The van der Waals surface area contributed by atoms with E-state index in [2.05, 4.69) is 0 Å². The van der Waals surface area contributed by atoms with Gasteiger partial charge in [0.1, 0.15) is 23.4 Å². The van der Waals surface area contributed by atoms with Crippen molar-refractivity contribution >= 4 is 16.7 Å². The Bertz CT molecular complexity index is 921. The van der Waals surface area contributed by atoms with Gasteiger partial charge in [0.15, 0.2) is 0 Å². The van der Waals surface area contributed by atoms with Gasteiger partial charge in [-0.05, 0) is 32.4 Å². The van der Waals surface area contributed by atoms with Gasteiger partial charge in [-0.25, -0.2) is 0 Å². The third-order valence-corrected chi connectivity index (χ3v) is 5.34. The van der Waals surface area contributed by atoms with E-state index in [9.17, 15) is 9.90 Å². The minimum absolute atomic E-state index is 0.0623. The predicted molar refractivity (Wildman–Crippen MR) is 108 cm³/mol. The van der Waals surface area contributed by atoms with Gasteiger partial charge in [0.25, 0.3) is 0 Å². The second-order valence-electron chi connectivity index (χ2n) is 7.00. The number of benzene rings is 2. The van der Waals surface area contributed by atoms with Crippen LogP contribution in [0.3, 0.4) is 0 Å². The van der Waals surface area contributed by atoms with Crippen LogP contribution in [0.4, 0.5) is 0 Å². The zero-order valence-electron chi connectivity index (χ0n) is 17.7. The summed E-state index contributed by atoms with van der Waals surface area (Å²) in [4.78, 5) is 12.0. The van der Waals surface area contributed by atoms with E-state index in [0.29, 0.717) is 33.8 Å². The monoisotopic (exact) mass is 404 g/mol. The van der Waals surface area contributed by atoms with Crippen LogP contribution in [0.15, 0.2) is 12.1 Å². The number of carbonyl (C=O) groups is 1. The van der Waals surface area contributed by atoms with Crippen LogP contribution >= 0.6 is 0 Å². The van der Waals surface area contributed by atoms with Crippen LogP contribution in [0.25, 0.3) is 10.8 Å². The number of aliphatic hydroxyl groups is 1. The second kappa shape index (κ2) is 8.47. The Morgan fingerprint density at radius 1 is 1.07 bits per heavy atom. The number of methoxy groups -OCH3 is 3. The molecule has 1 N–H and O–H groups in total. The van der Waals surface area contributed by atoms with Crippen LogP contribution in [0.5, 0.6) is 17.2 Å². The molecule has 0 saturated carbocycles. The SMILES string of the molecule is CCOC(=O)C[C@H]1O[C@@H](C)c2c(c(OC)c3c(OC)ccc(C)c3c2OC)[C@@H]1O. The molecular formula is C22H28O7. The molecular weight excluding hydrogens is 376 g/mol. The van der Waals surface area contributed by atoms with E-state index in [-0.39, 0.29) is 13.0 Å². The Morgan fingerprint density at radius 3 is 2.31 bits per heavy atom. The average Bonchev–Trinajstić information content (AvgIpc) is 2.70. The number of aliphatic hydroxyl groups excluding tert-OH is 1. The molecule has 0 spiro atoms. The van der Waals surface area contributed by atoms with E-state index in [1.54, 1.807) is 28.3 Å². The summed E-state index contributed by atoms with van der Waals surface area (Å²) >= 11 is 0. The van der Waals surface area contributed by atoms with Gasteiger partial charge in [0.05, 0.1) is 52.0 Å². The molecule has 2 aromatic rings. The molecule has 0 fully saturated rings. The minimum atomic E-state index is -1.09. The van der Waals surface area contributed by atoms with Gasteiger partial charge in [-0.1, -0.05) is 6.07 Å². The molecule has 0 bridgehead atoms. The number of fused-ring (bicyclic) bond motifs is 2. The Hall–Kier alpha value is -2.51. The van der Waals surface area contributed by atoms with Crippen molar-refractivity contribution in [1.29, 1.82) is 0 Å². The molecule has 1 aliphatic rings. The summed E-state index contributed by atoms with van der Waals surface area (Å²) in [6.45, 7) is 5.85. The predicted octanol–water partition coefficient (Wildman–Crippen LogP) is 3.62. The van der Waals surface area contributed by atoms with Gasteiger partial charge in [-0.3, -0.25) is 4.79 Å². The molecule has 158 valence electrons. The van der Waals surface area contributed by atoms with Crippen molar-refractivity contribution in [2.24, 2.45) is 0 Å². The normalized spacial score (nSPS) is 20.9. The van der Waals surface area contributed by atoms with Crippen LogP contribution < -0.4 is 14.2 Å². The smallest absolute Gasteiger partial charge is 0.308 e. The van der Waals surface area contributed by atoms with Crippen LogP contribution in [-0.4, -0.2) is 45.1 Å². The maximum absolute atomic E-state index is 12.0. The highest BCUT2D eigenvalue weighted by molar-refractivity contribution is 6.02. The topological polar surface area (TPSA) is 83.5 Å². The average molecular weight is 404 g/mol. The zero-order valence-corrected chi connectivity index (χ0v) is 17.7. The number of aryl methyl sites for hydroxylation is 1. The van der Waals surface area contributed by atoms with Gasteiger partial charge in [0, 0.05) is 16.5 Å². The minimum Gasteiger partial charge on any atom is -0.496 e. The van der Waals surface area contributed by atoms with Crippen molar-refractivity contribution < 1.29 is 33.6 Å². The Kier molecular flexibility index (Phi) is 6.19. The number of carbonyl (C=O) groups excluding carboxylic acids is 1. The summed E-state index contributed by atoms with van der Waals surface area (Å²) < 4.78 is 28.2. The number of rotatable bonds is 6. The van der Waals surface area contributed by atoms with Crippen LogP contribution in [0, 0.1) is 6.92 Å². The first-order valence-corrected chi connectivity index (χ1v) is 9.63. The fraction of sp³-hybridized carbons (Fsp3) is 0.500. The molecule has 3 atom stereocenters. The molecule has 3 rings (SSSR count). The molecule has 0 aliphatic carbocycles. The molecule has 1 heterocycles. The molecule has 0 radical (unpaired) electrons. The van der Waals surface area contributed by atoms with Gasteiger partial charge < -0.3 is 28.8 Å². The maximum atomic E-state index is 12.0. The van der Waals surface area contributed by atoms with Crippen molar-refractivity contribution in [3.05, 3.63) is 28.8 Å². The molecule has 2 aromatic carbocycles. The van der Waals surface area contributed by atoms with Gasteiger partial charge >= 0.3 is 5.97 Å². The highest BCUT2D eigenvalue weighted by Crippen LogP contribution is 2.53. The van der Waals surface area contributed by atoms with Gasteiger partial charge in [0.2, 0.25) is 0 Å². The van der Waals surface area contributed by atoms with Crippen molar-refractivity contribution in [2.75, 3.05) is 27.9 Å². The molecule has 7 heteroatoms. The molecule has 0 aromatic heterocycles. The summed E-state index contributed by atoms with van der Waals surface area (Å²) in [5.74, 6) is 1.28. The highest BCUT2D eigenvalue weighted by Gasteiger charge is 2.40. The van der Waals surface area contributed by atoms with Crippen LogP contribution in [0.2, 0.25) is 0 Å². The lowest BCUT2D eigenvalue weighted by atomic mass is 9.85.